The molecule has 0 aromatic heterocycles. The fourth-order valence-electron chi connectivity index (χ4n) is 4.82. The van der Waals surface area contributed by atoms with Gasteiger partial charge in [-0.1, -0.05) is 73.0 Å². The Labute approximate surface area is 187 Å². The van der Waals surface area contributed by atoms with E-state index in [1.807, 2.05) is 0 Å². The highest BCUT2D eigenvalue weighted by Gasteiger charge is 2.32. The van der Waals surface area contributed by atoms with Gasteiger partial charge in [0.2, 0.25) is 0 Å². The summed E-state index contributed by atoms with van der Waals surface area (Å²) >= 11 is 3.59. The van der Waals surface area contributed by atoms with Crippen molar-refractivity contribution in [3.63, 3.8) is 0 Å². The third-order valence-electron chi connectivity index (χ3n) is 6.50. The van der Waals surface area contributed by atoms with Gasteiger partial charge in [0.25, 0.3) is 0 Å². The topological polar surface area (TPSA) is 6.48 Å². The van der Waals surface area contributed by atoms with Gasteiger partial charge in [0.15, 0.2) is 0 Å². The van der Waals surface area contributed by atoms with Crippen molar-refractivity contribution in [2.45, 2.75) is 89.6 Å². The van der Waals surface area contributed by atoms with E-state index in [1.165, 1.54) is 96.0 Å². The molecule has 0 radical (unpaired) electrons. The first kappa shape index (κ1) is 22.9. The largest absolute Gasteiger partial charge is 0.302 e. The highest BCUT2D eigenvalue weighted by Crippen LogP contribution is 2.31. The molecule has 160 valence electrons. The molecule has 2 unspecified atom stereocenters. The van der Waals surface area contributed by atoms with Crippen LogP contribution in [0.5, 0.6) is 0 Å². The Morgan fingerprint density at radius 1 is 0.966 bits per heavy atom. The maximum Gasteiger partial charge on any atom is 0.0973 e. The lowest BCUT2D eigenvalue weighted by molar-refractivity contribution is 0.168. The van der Waals surface area contributed by atoms with Gasteiger partial charge in [-0.2, -0.15) is 0 Å². The van der Waals surface area contributed by atoms with E-state index in [-0.39, 0.29) is 6.04 Å². The number of nitrogens with zero attached hydrogens (tertiary/aromatic N) is 2. The minimum atomic E-state index is 0.248. The lowest BCUT2D eigenvalue weighted by Gasteiger charge is -2.32. The van der Waals surface area contributed by atoms with Crippen LogP contribution < -0.4 is 0 Å². The van der Waals surface area contributed by atoms with Crippen molar-refractivity contribution in [2.75, 3.05) is 26.2 Å². The summed E-state index contributed by atoms with van der Waals surface area (Å²) in [6.07, 6.45) is 14.5. The van der Waals surface area contributed by atoms with Gasteiger partial charge in [-0.25, -0.2) is 0 Å². The lowest BCUT2D eigenvalue weighted by Crippen LogP contribution is -2.41. The molecule has 1 aromatic carbocycles. The van der Waals surface area contributed by atoms with Crippen molar-refractivity contribution in [1.29, 1.82) is 0 Å². The van der Waals surface area contributed by atoms with Gasteiger partial charge >= 0.3 is 0 Å². The van der Waals surface area contributed by atoms with Crippen LogP contribution in [0.4, 0.5) is 0 Å². The molecule has 2 heterocycles. The maximum atomic E-state index is 3.70. The van der Waals surface area contributed by atoms with Gasteiger partial charge in [0.05, 0.1) is 6.04 Å². The zero-order chi connectivity index (χ0) is 20.3. The van der Waals surface area contributed by atoms with Gasteiger partial charge < -0.3 is 4.90 Å². The van der Waals surface area contributed by atoms with E-state index >= 15 is 0 Å². The number of hydrogen-bond acceptors (Lipinski definition) is 2. The number of likely N-dealkylation sites (tertiary alicyclic amines) is 2. The highest BCUT2D eigenvalue weighted by atomic mass is 79.9. The van der Waals surface area contributed by atoms with Crippen molar-refractivity contribution < 1.29 is 0 Å². The van der Waals surface area contributed by atoms with Crippen LogP contribution >= 0.6 is 15.9 Å². The summed E-state index contributed by atoms with van der Waals surface area (Å²) in [6, 6.07) is 9.77. The van der Waals surface area contributed by atoms with Gasteiger partial charge in [0, 0.05) is 30.0 Å². The minimum absolute atomic E-state index is 0.248. The Morgan fingerprint density at radius 2 is 1.69 bits per heavy atom. The molecule has 0 saturated carbocycles. The Kier molecular flexibility index (Phi) is 10.1. The Morgan fingerprint density at radius 3 is 2.45 bits per heavy atom. The van der Waals surface area contributed by atoms with Crippen molar-refractivity contribution in [2.24, 2.45) is 0 Å². The third kappa shape index (κ3) is 7.42. The number of benzene rings is 1. The van der Waals surface area contributed by atoms with E-state index in [0.717, 1.165) is 10.9 Å². The van der Waals surface area contributed by atoms with Gasteiger partial charge in [-0.05, 0) is 62.9 Å². The Hall–Kier alpha value is -0.820. The smallest absolute Gasteiger partial charge is 0.0973 e. The van der Waals surface area contributed by atoms with E-state index in [1.54, 1.807) is 0 Å². The lowest BCUT2D eigenvalue weighted by atomic mass is 10.0. The van der Waals surface area contributed by atoms with Gasteiger partial charge in [-0.15, -0.1) is 5.92 Å². The summed E-state index contributed by atoms with van der Waals surface area (Å²) in [5.41, 5.74) is 1.36. The van der Waals surface area contributed by atoms with Crippen LogP contribution in [0.3, 0.4) is 0 Å². The molecule has 0 spiro atoms. The molecule has 3 rings (SSSR count). The Bertz CT molecular complexity index is 639. The van der Waals surface area contributed by atoms with Crippen molar-refractivity contribution in [3.8, 4) is 11.8 Å². The fraction of sp³-hybridized carbons (Fsp3) is 0.692. The molecule has 2 atom stereocenters. The first-order valence-corrected chi connectivity index (χ1v) is 12.8. The maximum absolute atomic E-state index is 3.70. The summed E-state index contributed by atoms with van der Waals surface area (Å²) in [6.45, 7) is 7.27. The van der Waals surface area contributed by atoms with E-state index in [2.05, 4.69) is 68.8 Å². The van der Waals surface area contributed by atoms with Crippen LogP contribution in [0.2, 0.25) is 0 Å². The van der Waals surface area contributed by atoms with E-state index in [4.69, 9.17) is 0 Å². The van der Waals surface area contributed by atoms with Gasteiger partial charge in [0.1, 0.15) is 0 Å². The van der Waals surface area contributed by atoms with Crippen LogP contribution in [0.25, 0.3) is 0 Å². The van der Waals surface area contributed by atoms with E-state index < -0.39 is 0 Å². The number of hydrogen-bond donors (Lipinski definition) is 0. The highest BCUT2D eigenvalue weighted by molar-refractivity contribution is 9.10. The molecular formula is C26H39BrN2. The second kappa shape index (κ2) is 12.8. The number of unbranched alkanes of at least 4 members (excludes halogenated alkanes) is 6. The molecular weight excluding hydrogens is 420 g/mol. The molecule has 2 nitrogen and oxygen atoms in total. The number of rotatable bonds is 10. The summed E-state index contributed by atoms with van der Waals surface area (Å²) in [7, 11) is 0. The SMILES string of the molecule is CCCCCCCCC#CC(c1ccc(Br)cc1)N1CCCC1CN1CCCC1. The first-order chi connectivity index (χ1) is 14.3. The average Bonchev–Trinajstić information content (AvgIpc) is 3.41. The normalized spacial score (nSPS) is 21.2. The van der Waals surface area contributed by atoms with Crippen LogP contribution in [0.15, 0.2) is 28.7 Å². The third-order valence-corrected chi connectivity index (χ3v) is 7.03. The fourth-order valence-corrected chi connectivity index (χ4v) is 5.09. The molecule has 2 aliphatic rings. The molecule has 1 aromatic rings. The quantitative estimate of drug-likeness (QED) is 0.280. The number of halogens is 1. The average molecular weight is 460 g/mol. The molecule has 0 aliphatic carbocycles. The van der Waals surface area contributed by atoms with E-state index in [9.17, 15) is 0 Å². The molecule has 3 heteroatoms. The molecule has 0 amide bonds. The monoisotopic (exact) mass is 458 g/mol. The zero-order valence-electron chi connectivity index (χ0n) is 18.3. The predicted octanol–water partition coefficient (Wildman–Crippen LogP) is 6.80. The molecule has 2 saturated heterocycles. The molecule has 0 bridgehead atoms. The van der Waals surface area contributed by atoms with Crippen molar-refractivity contribution in [1.82, 2.24) is 9.80 Å². The summed E-state index contributed by atoms with van der Waals surface area (Å²) in [5, 5.41) is 0. The first-order valence-electron chi connectivity index (χ1n) is 12.0. The molecule has 2 fully saturated rings. The molecule has 29 heavy (non-hydrogen) atoms. The minimum Gasteiger partial charge on any atom is -0.302 e. The summed E-state index contributed by atoms with van der Waals surface area (Å²) in [5.74, 6) is 7.26. The standard InChI is InChI=1S/C26H39BrN2/c1-2-3-4-5-6-7-8-9-14-26(23-15-17-24(27)18-16-23)29-21-12-13-25(29)22-28-19-10-11-20-28/h15-18,25-26H,2-8,10-13,19-22H2,1H3. The predicted molar refractivity (Wildman–Crippen MR) is 128 cm³/mol. The van der Waals surface area contributed by atoms with Crippen molar-refractivity contribution >= 4 is 15.9 Å². The van der Waals surface area contributed by atoms with Crippen molar-refractivity contribution in [3.05, 3.63) is 34.3 Å². The van der Waals surface area contributed by atoms with Crippen LogP contribution in [0.1, 0.15) is 89.2 Å². The second-order valence-corrected chi connectivity index (χ2v) is 9.75. The molecule has 2 aliphatic heterocycles. The summed E-state index contributed by atoms with van der Waals surface area (Å²) < 4.78 is 1.15. The van der Waals surface area contributed by atoms with Crippen LogP contribution in [0, 0.1) is 11.8 Å². The van der Waals surface area contributed by atoms with Gasteiger partial charge in [-0.3, -0.25) is 4.90 Å². The van der Waals surface area contributed by atoms with Crippen LogP contribution in [-0.2, 0) is 0 Å². The van der Waals surface area contributed by atoms with Crippen LogP contribution in [-0.4, -0.2) is 42.0 Å². The Balaban J connectivity index is 1.62. The molecule has 0 N–H and O–H groups in total. The van der Waals surface area contributed by atoms with E-state index in [0.29, 0.717) is 6.04 Å². The zero-order valence-corrected chi connectivity index (χ0v) is 19.9. The summed E-state index contributed by atoms with van der Waals surface area (Å²) in [4.78, 5) is 5.38. The second-order valence-electron chi connectivity index (χ2n) is 8.83.